The lowest BCUT2D eigenvalue weighted by atomic mass is 10.1. The third-order valence-electron chi connectivity index (χ3n) is 5.10. The summed E-state index contributed by atoms with van der Waals surface area (Å²) in [5.41, 5.74) is 4.34. The molecule has 0 radical (unpaired) electrons. The van der Waals surface area contributed by atoms with E-state index in [1.165, 1.54) is 23.2 Å². The number of hydrogen-bond donors (Lipinski definition) is 1. The molecular formula is C17H23F3N6O2. The number of imidazole rings is 1. The zero-order valence-electron chi connectivity index (χ0n) is 16.0. The third-order valence-corrected chi connectivity index (χ3v) is 5.10. The predicted octanol–water partition coefficient (Wildman–Crippen LogP) is 0.870. The zero-order valence-corrected chi connectivity index (χ0v) is 16.0. The van der Waals surface area contributed by atoms with E-state index in [1.54, 1.807) is 0 Å². The van der Waals surface area contributed by atoms with E-state index in [4.69, 9.17) is 5.73 Å². The SMILES string of the molecule is CC(=CCn1c(N2CCCC(N)C2)nc2c1c(=O)n(C)c(=O)n2C)C(F)(F)F. The maximum atomic E-state index is 12.9. The Morgan fingerprint density at radius 1 is 1.29 bits per heavy atom. The summed E-state index contributed by atoms with van der Waals surface area (Å²) >= 11 is 0. The molecule has 1 unspecified atom stereocenters. The number of alkyl halides is 3. The van der Waals surface area contributed by atoms with Crippen LogP contribution in [-0.4, -0.2) is 44.0 Å². The first kappa shape index (κ1) is 20.2. The Labute approximate surface area is 158 Å². The van der Waals surface area contributed by atoms with Crippen LogP contribution in [0.2, 0.25) is 0 Å². The quantitative estimate of drug-likeness (QED) is 0.772. The van der Waals surface area contributed by atoms with Gasteiger partial charge in [-0.25, -0.2) is 4.79 Å². The molecule has 0 bridgehead atoms. The summed E-state index contributed by atoms with van der Waals surface area (Å²) < 4.78 is 42.4. The molecule has 3 rings (SSSR count). The first-order valence-corrected chi connectivity index (χ1v) is 8.93. The Hall–Kier alpha value is -2.56. The number of allylic oxidation sites excluding steroid dienone is 2. The standard InChI is InChI=1S/C17H23F3N6O2/c1-10(17(18,19)20)6-8-26-12-13(23(2)16(28)24(3)14(12)27)22-15(26)25-7-4-5-11(21)9-25/h6,11H,4-5,7-9,21H2,1-3H3. The summed E-state index contributed by atoms with van der Waals surface area (Å²) in [7, 11) is 2.80. The molecule has 0 saturated carbocycles. The lowest BCUT2D eigenvalue weighted by Crippen LogP contribution is -2.44. The van der Waals surface area contributed by atoms with Crippen LogP contribution in [0, 0.1) is 0 Å². The second kappa shape index (κ2) is 7.12. The average molecular weight is 400 g/mol. The van der Waals surface area contributed by atoms with Gasteiger partial charge in [-0.15, -0.1) is 0 Å². The number of aromatic nitrogens is 4. The summed E-state index contributed by atoms with van der Waals surface area (Å²) in [6.45, 7) is 1.87. The van der Waals surface area contributed by atoms with Crippen LogP contribution < -0.4 is 21.9 Å². The van der Waals surface area contributed by atoms with Crippen LogP contribution in [-0.2, 0) is 20.6 Å². The van der Waals surface area contributed by atoms with Crippen LogP contribution in [0.1, 0.15) is 19.8 Å². The monoisotopic (exact) mass is 400 g/mol. The molecule has 154 valence electrons. The summed E-state index contributed by atoms with van der Waals surface area (Å²) in [5.74, 6) is 0.342. The van der Waals surface area contributed by atoms with E-state index in [0.29, 0.717) is 19.0 Å². The largest absolute Gasteiger partial charge is 0.412 e. The van der Waals surface area contributed by atoms with Crippen LogP contribution in [0.4, 0.5) is 19.1 Å². The topological polar surface area (TPSA) is 91.1 Å². The normalized spacial score (nSPS) is 18.9. The van der Waals surface area contributed by atoms with E-state index in [2.05, 4.69) is 4.98 Å². The summed E-state index contributed by atoms with van der Waals surface area (Å²) in [4.78, 5) is 31.3. The van der Waals surface area contributed by atoms with Crippen molar-refractivity contribution in [3.8, 4) is 0 Å². The van der Waals surface area contributed by atoms with Gasteiger partial charge in [-0.2, -0.15) is 18.2 Å². The molecule has 2 aromatic heterocycles. The van der Waals surface area contributed by atoms with E-state index in [9.17, 15) is 22.8 Å². The molecule has 1 aliphatic rings. The summed E-state index contributed by atoms with van der Waals surface area (Å²) in [5, 5.41) is 0. The molecule has 0 aromatic carbocycles. The van der Waals surface area contributed by atoms with Gasteiger partial charge in [0.05, 0.1) is 0 Å². The van der Waals surface area contributed by atoms with Crippen molar-refractivity contribution < 1.29 is 13.2 Å². The lowest BCUT2D eigenvalue weighted by molar-refractivity contribution is -0.0916. The smallest absolute Gasteiger partial charge is 0.341 e. The van der Waals surface area contributed by atoms with Gasteiger partial charge in [0.1, 0.15) is 0 Å². The highest BCUT2D eigenvalue weighted by atomic mass is 19.4. The van der Waals surface area contributed by atoms with Crippen molar-refractivity contribution in [3.63, 3.8) is 0 Å². The first-order chi connectivity index (χ1) is 13.0. The molecule has 1 fully saturated rings. The van der Waals surface area contributed by atoms with Gasteiger partial charge in [0.15, 0.2) is 11.2 Å². The molecule has 0 aliphatic carbocycles. The second-order valence-electron chi connectivity index (χ2n) is 7.13. The van der Waals surface area contributed by atoms with Crippen molar-refractivity contribution in [2.24, 2.45) is 19.8 Å². The molecular weight excluding hydrogens is 377 g/mol. The predicted molar refractivity (Wildman–Crippen MR) is 99.4 cm³/mol. The van der Waals surface area contributed by atoms with Crippen molar-refractivity contribution >= 4 is 17.1 Å². The van der Waals surface area contributed by atoms with Gasteiger partial charge in [-0.1, -0.05) is 6.08 Å². The Morgan fingerprint density at radius 2 is 1.96 bits per heavy atom. The minimum absolute atomic E-state index is 0.0879. The molecule has 28 heavy (non-hydrogen) atoms. The zero-order chi connectivity index (χ0) is 20.8. The Morgan fingerprint density at radius 3 is 2.57 bits per heavy atom. The fourth-order valence-corrected chi connectivity index (χ4v) is 3.38. The molecule has 1 saturated heterocycles. The van der Waals surface area contributed by atoms with Gasteiger partial charge in [0.2, 0.25) is 5.95 Å². The number of nitrogens with two attached hydrogens (primary N) is 1. The number of halogens is 3. The molecule has 2 aromatic rings. The van der Waals surface area contributed by atoms with Crippen molar-refractivity contribution in [1.82, 2.24) is 18.7 Å². The van der Waals surface area contributed by atoms with Gasteiger partial charge in [0.25, 0.3) is 5.56 Å². The molecule has 0 spiro atoms. The van der Waals surface area contributed by atoms with Gasteiger partial charge < -0.3 is 15.2 Å². The lowest BCUT2D eigenvalue weighted by Gasteiger charge is -2.31. The van der Waals surface area contributed by atoms with Crippen LogP contribution >= 0.6 is 0 Å². The maximum Gasteiger partial charge on any atom is 0.412 e. The maximum absolute atomic E-state index is 12.9. The van der Waals surface area contributed by atoms with Gasteiger partial charge in [0, 0.05) is 45.3 Å². The molecule has 0 amide bonds. The van der Waals surface area contributed by atoms with E-state index in [-0.39, 0.29) is 23.8 Å². The van der Waals surface area contributed by atoms with Crippen molar-refractivity contribution in [2.45, 2.75) is 38.5 Å². The fraction of sp³-hybridized carbons (Fsp3) is 0.588. The van der Waals surface area contributed by atoms with E-state index in [0.717, 1.165) is 30.4 Å². The second-order valence-corrected chi connectivity index (χ2v) is 7.13. The molecule has 11 heteroatoms. The molecule has 2 N–H and O–H groups in total. The Bertz CT molecular complexity index is 1050. The number of anilines is 1. The number of nitrogens with zero attached hydrogens (tertiary/aromatic N) is 5. The van der Waals surface area contributed by atoms with E-state index in [1.807, 2.05) is 4.90 Å². The van der Waals surface area contributed by atoms with Gasteiger partial charge >= 0.3 is 11.9 Å². The Kier molecular flexibility index (Phi) is 5.13. The van der Waals surface area contributed by atoms with Gasteiger partial charge in [-0.3, -0.25) is 13.9 Å². The van der Waals surface area contributed by atoms with Crippen molar-refractivity contribution in [3.05, 3.63) is 32.5 Å². The van der Waals surface area contributed by atoms with E-state index >= 15 is 0 Å². The minimum atomic E-state index is -4.46. The Balaban J connectivity index is 2.24. The first-order valence-electron chi connectivity index (χ1n) is 8.93. The molecule has 1 atom stereocenters. The van der Waals surface area contributed by atoms with Gasteiger partial charge in [-0.05, 0) is 19.8 Å². The van der Waals surface area contributed by atoms with Crippen molar-refractivity contribution in [1.29, 1.82) is 0 Å². The number of rotatable bonds is 3. The number of piperidine rings is 1. The van der Waals surface area contributed by atoms with Crippen LogP contribution in [0.15, 0.2) is 21.2 Å². The number of hydrogen-bond acceptors (Lipinski definition) is 5. The van der Waals surface area contributed by atoms with Crippen LogP contribution in [0.25, 0.3) is 11.2 Å². The highest BCUT2D eigenvalue weighted by molar-refractivity contribution is 5.74. The third kappa shape index (κ3) is 3.46. The summed E-state index contributed by atoms with van der Waals surface area (Å²) in [6, 6.07) is -0.0962. The average Bonchev–Trinajstić information content (AvgIpc) is 3.01. The van der Waals surface area contributed by atoms with Crippen LogP contribution in [0.5, 0.6) is 0 Å². The summed E-state index contributed by atoms with van der Waals surface area (Å²) in [6.07, 6.45) is -1.80. The molecule has 1 aliphatic heterocycles. The van der Waals surface area contributed by atoms with Crippen LogP contribution in [0.3, 0.4) is 0 Å². The number of fused-ring (bicyclic) bond motifs is 1. The molecule has 3 heterocycles. The van der Waals surface area contributed by atoms with E-state index < -0.39 is 23.0 Å². The highest BCUT2D eigenvalue weighted by Gasteiger charge is 2.30. The number of aryl methyl sites for hydroxylation is 1. The van der Waals surface area contributed by atoms with Crippen molar-refractivity contribution in [2.75, 3.05) is 18.0 Å². The fourth-order valence-electron chi connectivity index (χ4n) is 3.38. The highest BCUT2D eigenvalue weighted by Crippen LogP contribution is 2.27. The minimum Gasteiger partial charge on any atom is -0.341 e. The molecule has 8 nitrogen and oxygen atoms in total.